The van der Waals surface area contributed by atoms with Crippen LogP contribution in [0, 0.1) is 0 Å². The highest BCUT2D eigenvalue weighted by atomic mass is 32.1. The second-order valence-corrected chi connectivity index (χ2v) is 5.69. The Balaban J connectivity index is 1.53. The number of hydrazine groups is 1. The van der Waals surface area contributed by atoms with Crippen molar-refractivity contribution in [3.05, 3.63) is 35.2 Å². The van der Waals surface area contributed by atoms with Crippen LogP contribution >= 0.6 is 11.3 Å². The van der Waals surface area contributed by atoms with E-state index >= 15 is 0 Å². The van der Waals surface area contributed by atoms with E-state index in [0.29, 0.717) is 6.54 Å². The van der Waals surface area contributed by atoms with Crippen molar-refractivity contribution < 1.29 is 9.21 Å². The van der Waals surface area contributed by atoms with Crippen molar-refractivity contribution in [3.63, 3.8) is 0 Å². The van der Waals surface area contributed by atoms with E-state index in [1.807, 2.05) is 17.6 Å². The predicted octanol–water partition coefficient (Wildman–Crippen LogP) is 0.662. The lowest BCUT2D eigenvalue weighted by Crippen LogP contribution is -2.45. The number of thiazole rings is 1. The Morgan fingerprint density at radius 1 is 1.38 bits per heavy atom. The van der Waals surface area contributed by atoms with Gasteiger partial charge in [0, 0.05) is 37.8 Å². The SMILES string of the molecule is NNC(=O)c1ccc(CN2CCN(c3nccs3)CC2)o1. The van der Waals surface area contributed by atoms with E-state index in [0.717, 1.165) is 37.1 Å². The summed E-state index contributed by atoms with van der Waals surface area (Å²) in [5, 5.41) is 3.07. The summed E-state index contributed by atoms with van der Waals surface area (Å²) in [6.45, 7) is 4.48. The third-order valence-corrected chi connectivity index (χ3v) is 4.29. The molecule has 3 rings (SSSR count). The Morgan fingerprint density at radius 2 is 2.19 bits per heavy atom. The summed E-state index contributed by atoms with van der Waals surface area (Å²) >= 11 is 1.67. The van der Waals surface area contributed by atoms with Gasteiger partial charge in [-0.3, -0.25) is 15.1 Å². The van der Waals surface area contributed by atoms with Gasteiger partial charge in [0.05, 0.1) is 6.54 Å². The number of nitrogens with zero attached hydrogens (tertiary/aromatic N) is 3. The minimum atomic E-state index is -0.408. The van der Waals surface area contributed by atoms with Crippen molar-refractivity contribution in [2.75, 3.05) is 31.1 Å². The molecular formula is C13H17N5O2S. The molecule has 2 aromatic rings. The zero-order valence-corrected chi connectivity index (χ0v) is 12.3. The molecule has 1 amide bonds. The smallest absolute Gasteiger partial charge is 0.300 e. The minimum Gasteiger partial charge on any atom is -0.455 e. The van der Waals surface area contributed by atoms with Crippen LogP contribution in [0.25, 0.3) is 0 Å². The highest BCUT2D eigenvalue weighted by Gasteiger charge is 2.20. The molecule has 0 bridgehead atoms. The summed E-state index contributed by atoms with van der Waals surface area (Å²) in [6.07, 6.45) is 1.83. The molecule has 0 spiro atoms. The number of rotatable bonds is 4. The second-order valence-electron chi connectivity index (χ2n) is 4.82. The van der Waals surface area contributed by atoms with Crippen LogP contribution < -0.4 is 16.2 Å². The van der Waals surface area contributed by atoms with Gasteiger partial charge in [0.1, 0.15) is 5.76 Å². The normalized spacial score (nSPS) is 16.1. The van der Waals surface area contributed by atoms with Crippen molar-refractivity contribution in [2.45, 2.75) is 6.54 Å². The lowest BCUT2D eigenvalue weighted by atomic mass is 10.3. The number of nitrogens with two attached hydrogens (primary N) is 1. The third kappa shape index (κ3) is 3.23. The van der Waals surface area contributed by atoms with Gasteiger partial charge in [0.2, 0.25) is 0 Å². The zero-order chi connectivity index (χ0) is 14.7. The molecule has 1 fully saturated rings. The Bertz CT molecular complexity index is 589. The molecule has 1 aliphatic heterocycles. The molecule has 0 atom stereocenters. The van der Waals surface area contributed by atoms with Crippen LogP contribution in [-0.4, -0.2) is 42.0 Å². The van der Waals surface area contributed by atoms with Crippen molar-refractivity contribution in [3.8, 4) is 0 Å². The molecule has 3 N–H and O–H groups in total. The van der Waals surface area contributed by atoms with Gasteiger partial charge < -0.3 is 9.32 Å². The monoisotopic (exact) mass is 307 g/mol. The summed E-state index contributed by atoms with van der Waals surface area (Å²) in [4.78, 5) is 20.3. The number of nitrogens with one attached hydrogen (secondary N) is 1. The van der Waals surface area contributed by atoms with Gasteiger partial charge in [-0.1, -0.05) is 0 Å². The number of hydrogen-bond acceptors (Lipinski definition) is 7. The molecule has 0 aromatic carbocycles. The fraction of sp³-hybridized carbons (Fsp3) is 0.385. The van der Waals surface area contributed by atoms with Crippen LogP contribution in [0.4, 0.5) is 5.13 Å². The number of aromatic nitrogens is 1. The number of nitrogen functional groups attached to an aromatic ring is 1. The van der Waals surface area contributed by atoms with Gasteiger partial charge in [-0.25, -0.2) is 10.8 Å². The van der Waals surface area contributed by atoms with Crippen LogP contribution in [0.2, 0.25) is 0 Å². The number of furan rings is 1. The van der Waals surface area contributed by atoms with Crippen LogP contribution in [0.1, 0.15) is 16.3 Å². The van der Waals surface area contributed by atoms with E-state index in [1.54, 1.807) is 17.4 Å². The maximum absolute atomic E-state index is 11.3. The molecule has 112 valence electrons. The molecule has 0 aliphatic carbocycles. The number of hydrogen-bond donors (Lipinski definition) is 2. The van der Waals surface area contributed by atoms with Gasteiger partial charge in [-0.15, -0.1) is 11.3 Å². The Labute approximate surface area is 126 Å². The summed E-state index contributed by atoms with van der Waals surface area (Å²) in [5.74, 6) is 5.69. The number of piperazine rings is 1. The van der Waals surface area contributed by atoms with E-state index in [4.69, 9.17) is 10.3 Å². The molecule has 8 heteroatoms. The first kappa shape index (κ1) is 14.1. The van der Waals surface area contributed by atoms with E-state index in [-0.39, 0.29) is 5.76 Å². The lowest BCUT2D eigenvalue weighted by Gasteiger charge is -2.34. The summed E-state index contributed by atoms with van der Waals surface area (Å²) in [6, 6.07) is 3.46. The average molecular weight is 307 g/mol. The van der Waals surface area contributed by atoms with E-state index in [2.05, 4.69) is 20.2 Å². The molecule has 1 saturated heterocycles. The van der Waals surface area contributed by atoms with E-state index < -0.39 is 5.91 Å². The van der Waals surface area contributed by atoms with Crippen LogP contribution in [0.5, 0.6) is 0 Å². The van der Waals surface area contributed by atoms with Gasteiger partial charge in [0.15, 0.2) is 10.9 Å². The first-order valence-corrected chi connectivity index (χ1v) is 7.60. The highest BCUT2D eigenvalue weighted by molar-refractivity contribution is 7.13. The standard InChI is InChI=1S/C13H17N5O2S/c14-16-12(19)11-2-1-10(20-11)9-17-4-6-18(7-5-17)13-15-3-8-21-13/h1-3,8H,4-7,9,14H2,(H,16,19). The Kier molecular flexibility index (Phi) is 4.18. The van der Waals surface area contributed by atoms with Gasteiger partial charge in [0.25, 0.3) is 0 Å². The fourth-order valence-electron chi connectivity index (χ4n) is 2.35. The predicted molar refractivity (Wildman–Crippen MR) is 80.0 cm³/mol. The zero-order valence-electron chi connectivity index (χ0n) is 11.5. The average Bonchev–Trinajstić information content (AvgIpc) is 3.18. The largest absolute Gasteiger partial charge is 0.455 e. The summed E-state index contributed by atoms with van der Waals surface area (Å²) in [7, 11) is 0. The number of anilines is 1. The summed E-state index contributed by atoms with van der Waals surface area (Å²) < 4.78 is 5.48. The first-order valence-electron chi connectivity index (χ1n) is 6.72. The Morgan fingerprint density at radius 3 is 2.86 bits per heavy atom. The van der Waals surface area contributed by atoms with Gasteiger partial charge in [-0.05, 0) is 12.1 Å². The molecule has 0 radical (unpaired) electrons. The quantitative estimate of drug-likeness (QED) is 0.490. The molecule has 0 unspecified atom stereocenters. The van der Waals surface area contributed by atoms with Gasteiger partial charge in [-0.2, -0.15) is 0 Å². The first-order chi connectivity index (χ1) is 10.3. The molecular weight excluding hydrogens is 290 g/mol. The van der Waals surface area contributed by atoms with Crippen LogP contribution in [0.3, 0.4) is 0 Å². The highest BCUT2D eigenvalue weighted by Crippen LogP contribution is 2.20. The van der Waals surface area contributed by atoms with E-state index in [1.165, 1.54) is 0 Å². The third-order valence-electron chi connectivity index (χ3n) is 3.46. The molecule has 0 saturated carbocycles. The molecule has 1 aliphatic rings. The van der Waals surface area contributed by atoms with Crippen molar-refractivity contribution in [1.29, 1.82) is 0 Å². The topological polar surface area (TPSA) is 87.6 Å². The Hall–Kier alpha value is -1.90. The number of carbonyl (C=O) groups is 1. The number of amides is 1. The summed E-state index contributed by atoms with van der Waals surface area (Å²) in [5.41, 5.74) is 2.06. The number of carbonyl (C=O) groups excluding carboxylic acids is 1. The van der Waals surface area contributed by atoms with Crippen molar-refractivity contribution in [1.82, 2.24) is 15.3 Å². The minimum absolute atomic E-state index is 0.244. The van der Waals surface area contributed by atoms with Crippen LogP contribution in [0.15, 0.2) is 28.1 Å². The van der Waals surface area contributed by atoms with E-state index in [9.17, 15) is 4.79 Å². The fourth-order valence-corrected chi connectivity index (χ4v) is 3.04. The van der Waals surface area contributed by atoms with Crippen LogP contribution in [-0.2, 0) is 6.54 Å². The maximum atomic E-state index is 11.3. The lowest BCUT2D eigenvalue weighted by molar-refractivity contribution is 0.0922. The van der Waals surface area contributed by atoms with Crippen molar-refractivity contribution in [2.24, 2.45) is 5.84 Å². The molecule has 7 nitrogen and oxygen atoms in total. The second kappa shape index (κ2) is 6.25. The molecule has 3 heterocycles. The maximum Gasteiger partial charge on any atom is 0.300 e. The van der Waals surface area contributed by atoms with Crippen molar-refractivity contribution >= 4 is 22.4 Å². The molecule has 2 aromatic heterocycles. The molecule has 21 heavy (non-hydrogen) atoms. The van der Waals surface area contributed by atoms with Gasteiger partial charge >= 0.3 is 5.91 Å².